The molecule has 1 aliphatic carbocycles. The van der Waals surface area contributed by atoms with E-state index in [2.05, 4.69) is 10.0 Å². The van der Waals surface area contributed by atoms with E-state index in [-0.39, 0.29) is 29.0 Å². The van der Waals surface area contributed by atoms with E-state index in [0.29, 0.717) is 0 Å². The van der Waals surface area contributed by atoms with Crippen molar-refractivity contribution < 1.29 is 13.2 Å². The molecule has 1 aliphatic rings. The Bertz CT molecular complexity index is 1410. The fourth-order valence-electron chi connectivity index (χ4n) is 3.66. The molecule has 0 radical (unpaired) electrons. The molecule has 0 spiro atoms. The molecule has 1 saturated carbocycles. The van der Waals surface area contributed by atoms with Crippen LogP contribution < -0.4 is 10.0 Å². The van der Waals surface area contributed by atoms with E-state index in [0.717, 1.165) is 35.3 Å². The van der Waals surface area contributed by atoms with Crippen LogP contribution in [-0.4, -0.2) is 30.1 Å². The zero-order valence-corrected chi connectivity index (χ0v) is 19.2. The molecule has 0 unspecified atom stereocenters. The van der Waals surface area contributed by atoms with Crippen LogP contribution in [0.15, 0.2) is 96.0 Å². The molecule has 0 atom stereocenters. The quantitative estimate of drug-likeness (QED) is 0.407. The summed E-state index contributed by atoms with van der Waals surface area (Å²) in [7, 11) is -3.63. The van der Waals surface area contributed by atoms with Crippen LogP contribution in [0.3, 0.4) is 0 Å². The lowest BCUT2D eigenvalue weighted by Crippen LogP contribution is -2.27. The van der Waals surface area contributed by atoms with Crippen molar-refractivity contribution in [2.24, 2.45) is 0 Å². The summed E-state index contributed by atoms with van der Waals surface area (Å²) in [5, 5.41) is 7.67. The predicted octanol–water partition coefficient (Wildman–Crippen LogP) is 3.91. The van der Waals surface area contributed by atoms with Gasteiger partial charge >= 0.3 is 0 Å². The molecule has 5 rings (SSSR count). The summed E-state index contributed by atoms with van der Waals surface area (Å²) in [6, 6.07) is 25.6. The summed E-state index contributed by atoms with van der Waals surface area (Å²) in [6.07, 6.45) is 3.60. The number of hydrogen-bond donors (Lipinski definition) is 2. The molecule has 8 heteroatoms. The van der Waals surface area contributed by atoms with E-state index >= 15 is 0 Å². The molecule has 4 aromatic rings. The standard InChI is InChI=1S/C26H24N4O3S/c31-26(20-10-7-13-24(16-20)34(32,33)29-22-14-15-22)27-17-21-18-30(23-11-5-2-6-12-23)28-25(21)19-8-3-1-4-9-19/h1-13,16,18,22,29H,14-15,17H2,(H,27,31). The minimum atomic E-state index is -3.63. The Labute approximate surface area is 198 Å². The fourth-order valence-corrected chi connectivity index (χ4v) is 5.01. The first-order valence-electron chi connectivity index (χ1n) is 11.1. The number of amides is 1. The number of nitrogens with zero attached hydrogens (tertiary/aromatic N) is 2. The van der Waals surface area contributed by atoms with Gasteiger partial charge in [0.15, 0.2) is 0 Å². The molecule has 0 aliphatic heterocycles. The zero-order valence-electron chi connectivity index (χ0n) is 18.4. The van der Waals surface area contributed by atoms with E-state index in [1.165, 1.54) is 12.1 Å². The van der Waals surface area contributed by atoms with Gasteiger partial charge < -0.3 is 5.32 Å². The summed E-state index contributed by atoms with van der Waals surface area (Å²) in [5.74, 6) is -0.352. The number of nitrogens with one attached hydrogen (secondary N) is 2. The highest BCUT2D eigenvalue weighted by Crippen LogP contribution is 2.24. The molecule has 0 saturated heterocycles. The van der Waals surface area contributed by atoms with Gasteiger partial charge in [0.1, 0.15) is 0 Å². The first-order chi connectivity index (χ1) is 16.5. The maximum atomic E-state index is 12.9. The van der Waals surface area contributed by atoms with Crippen molar-refractivity contribution in [1.82, 2.24) is 19.8 Å². The molecule has 2 N–H and O–H groups in total. The van der Waals surface area contributed by atoms with Gasteiger partial charge in [0, 0.05) is 35.5 Å². The van der Waals surface area contributed by atoms with Crippen LogP contribution in [-0.2, 0) is 16.6 Å². The third kappa shape index (κ3) is 4.93. The first-order valence-corrected chi connectivity index (χ1v) is 12.6. The highest BCUT2D eigenvalue weighted by molar-refractivity contribution is 7.89. The van der Waals surface area contributed by atoms with E-state index in [9.17, 15) is 13.2 Å². The second kappa shape index (κ2) is 9.24. The first kappa shape index (κ1) is 22.1. The predicted molar refractivity (Wildman–Crippen MR) is 130 cm³/mol. The van der Waals surface area contributed by atoms with Crippen LogP contribution in [0.2, 0.25) is 0 Å². The zero-order chi connectivity index (χ0) is 23.5. The Morgan fingerprint density at radius 2 is 1.65 bits per heavy atom. The summed E-state index contributed by atoms with van der Waals surface area (Å²) in [4.78, 5) is 13.0. The third-order valence-electron chi connectivity index (χ3n) is 5.60. The van der Waals surface area contributed by atoms with E-state index in [4.69, 9.17) is 5.10 Å². The normalized spacial score (nSPS) is 13.5. The summed E-state index contributed by atoms with van der Waals surface area (Å²) < 4.78 is 29.5. The minimum absolute atomic E-state index is 0.0000385. The van der Waals surface area contributed by atoms with E-state index in [1.54, 1.807) is 16.8 Å². The topological polar surface area (TPSA) is 93.1 Å². The monoisotopic (exact) mass is 472 g/mol. The molecule has 1 amide bonds. The summed E-state index contributed by atoms with van der Waals surface area (Å²) in [5.41, 5.74) is 3.77. The van der Waals surface area contributed by atoms with Gasteiger partial charge in [-0.2, -0.15) is 5.10 Å². The van der Waals surface area contributed by atoms with Crippen LogP contribution in [0.4, 0.5) is 0 Å². The second-order valence-electron chi connectivity index (χ2n) is 8.26. The lowest BCUT2D eigenvalue weighted by atomic mass is 10.1. The number of para-hydroxylation sites is 1. The van der Waals surface area contributed by atoms with Crippen molar-refractivity contribution in [1.29, 1.82) is 0 Å². The Hall–Kier alpha value is -3.75. The molecular weight excluding hydrogens is 448 g/mol. The van der Waals surface area contributed by atoms with Crippen LogP contribution in [0.25, 0.3) is 16.9 Å². The average Bonchev–Trinajstić information content (AvgIpc) is 3.57. The molecule has 172 valence electrons. The van der Waals surface area contributed by atoms with Gasteiger partial charge in [-0.3, -0.25) is 4.79 Å². The van der Waals surface area contributed by atoms with E-state index in [1.807, 2.05) is 66.9 Å². The molecule has 34 heavy (non-hydrogen) atoms. The Morgan fingerprint density at radius 3 is 2.35 bits per heavy atom. The van der Waals surface area contributed by atoms with Gasteiger partial charge in [0.25, 0.3) is 5.91 Å². The maximum absolute atomic E-state index is 12.9. The van der Waals surface area contributed by atoms with Crippen LogP contribution in [0, 0.1) is 0 Å². The molecule has 3 aromatic carbocycles. The molecular formula is C26H24N4O3S. The Morgan fingerprint density at radius 1 is 0.941 bits per heavy atom. The molecule has 7 nitrogen and oxygen atoms in total. The number of carbonyl (C=O) groups is 1. The number of carbonyl (C=O) groups excluding carboxylic acids is 1. The smallest absolute Gasteiger partial charge is 0.251 e. The number of aromatic nitrogens is 2. The summed E-state index contributed by atoms with van der Waals surface area (Å²) >= 11 is 0. The lowest BCUT2D eigenvalue weighted by Gasteiger charge is -2.09. The van der Waals surface area contributed by atoms with Gasteiger partial charge in [0.05, 0.1) is 16.3 Å². The van der Waals surface area contributed by atoms with Crippen molar-refractivity contribution in [3.63, 3.8) is 0 Å². The van der Waals surface area contributed by atoms with Crippen molar-refractivity contribution >= 4 is 15.9 Å². The van der Waals surface area contributed by atoms with Gasteiger partial charge in [-0.15, -0.1) is 0 Å². The molecule has 0 bridgehead atoms. The van der Waals surface area contributed by atoms with Crippen molar-refractivity contribution in [2.75, 3.05) is 0 Å². The minimum Gasteiger partial charge on any atom is -0.348 e. The number of benzene rings is 3. The number of sulfonamides is 1. The molecule has 1 heterocycles. The van der Waals surface area contributed by atoms with Gasteiger partial charge in [-0.05, 0) is 43.2 Å². The van der Waals surface area contributed by atoms with Crippen molar-refractivity contribution in [3.05, 3.63) is 102 Å². The average molecular weight is 473 g/mol. The second-order valence-corrected chi connectivity index (χ2v) is 9.97. The van der Waals surface area contributed by atoms with Gasteiger partial charge in [-0.25, -0.2) is 17.8 Å². The van der Waals surface area contributed by atoms with Crippen molar-refractivity contribution in [3.8, 4) is 16.9 Å². The van der Waals surface area contributed by atoms with Crippen LogP contribution in [0.1, 0.15) is 28.8 Å². The number of hydrogen-bond acceptors (Lipinski definition) is 4. The molecule has 1 aromatic heterocycles. The van der Waals surface area contributed by atoms with Gasteiger partial charge in [0.2, 0.25) is 10.0 Å². The highest BCUT2D eigenvalue weighted by Gasteiger charge is 2.28. The van der Waals surface area contributed by atoms with Crippen molar-refractivity contribution in [2.45, 2.75) is 30.3 Å². The third-order valence-corrected chi connectivity index (χ3v) is 7.12. The lowest BCUT2D eigenvalue weighted by molar-refractivity contribution is 0.0950. The van der Waals surface area contributed by atoms with Crippen LogP contribution in [0.5, 0.6) is 0 Å². The number of rotatable bonds is 8. The van der Waals surface area contributed by atoms with E-state index < -0.39 is 10.0 Å². The highest BCUT2D eigenvalue weighted by atomic mass is 32.2. The Balaban J connectivity index is 1.38. The maximum Gasteiger partial charge on any atom is 0.251 e. The van der Waals surface area contributed by atoms with Gasteiger partial charge in [-0.1, -0.05) is 54.6 Å². The largest absolute Gasteiger partial charge is 0.348 e. The van der Waals surface area contributed by atoms with Crippen LogP contribution >= 0.6 is 0 Å². The fraction of sp³-hybridized carbons (Fsp3) is 0.154. The SMILES string of the molecule is O=C(NCc1cn(-c2ccccc2)nc1-c1ccccc1)c1cccc(S(=O)(=O)NC2CC2)c1. The Kier molecular flexibility index (Phi) is 6.00. The summed E-state index contributed by atoms with van der Waals surface area (Å²) in [6.45, 7) is 0.243. The molecule has 1 fully saturated rings.